The Morgan fingerprint density at radius 2 is 1.31 bits per heavy atom. The first-order valence-electron chi connectivity index (χ1n) is 10.6. The fraction of sp³-hybridized carbons (Fsp3) is 0.583. The van der Waals surface area contributed by atoms with Crippen LogP contribution in [0.25, 0.3) is 6.08 Å². The van der Waals surface area contributed by atoms with E-state index in [4.69, 9.17) is 0 Å². The number of phenols is 2. The molecule has 0 aliphatic carbocycles. The van der Waals surface area contributed by atoms with E-state index in [0.717, 1.165) is 6.42 Å². The van der Waals surface area contributed by atoms with Crippen LogP contribution in [0.5, 0.6) is 11.5 Å². The second kappa shape index (κ2) is 15.5. The molecule has 0 amide bonds. The monoisotopic (exact) mass is 358 g/mol. The van der Waals surface area contributed by atoms with E-state index in [2.05, 4.69) is 13.0 Å². The Labute approximate surface area is 160 Å². The van der Waals surface area contributed by atoms with Crippen molar-refractivity contribution < 1.29 is 10.2 Å². The van der Waals surface area contributed by atoms with Gasteiger partial charge in [0.05, 0.1) is 0 Å². The van der Waals surface area contributed by atoms with Crippen LogP contribution in [0.4, 0.5) is 0 Å². The molecule has 0 heterocycles. The topological polar surface area (TPSA) is 40.5 Å². The van der Waals surface area contributed by atoms with Crippen molar-refractivity contribution in [1.82, 2.24) is 0 Å². The van der Waals surface area contributed by atoms with Gasteiger partial charge in [-0.1, -0.05) is 114 Å². The van der Waals surface area contributed by atoms with Gasteiger partial charge >= 0.3 is 0 Å². The maximum absolute atomic E-state index is 9.70. The summed E-state index contributed by atoms with van der Waals surface area (Å²) >= 11 is 0. The molecule has 0 aliphatic rings. The van der Waals surface area contributed by atoms with E-state index in [-0.39, 0.29) is 11.5 Å². The molecule has 2 heteroatoms. The quantitative estimate of drug-likeness (QED) is 0.191. The molecule has 0 saturated carbocycles. The van der Waals surface area contributed by atoms with Gasteiger partial charge in [-0.2, -0.15) is 0 Å². The predicted octanol–water partition coefficient (Wildman–Crippen LogP) is 7.76. The van der Waals surface area contributed by atoms with Gasteiger partial charge in [-0.25, -0.2) is 0 Å². The number of phenolic OH excluding ortho intramolecular Hbond substituents is 2. The Hall–Kier alpha value is -1.70. The molecule has 0 saturated heterocycles. The zero-order valence-corrected chi connectivity index (χ0v) is 16.6. The van der Waals surface area contributed by atoms with Gasteiger partial charge in [0.15, 0.2) is 11.5 Å². The number of rotatable bonds is 15. The summed E-state index contributed by atoms with van der Waals surface area (Å²) in [5.74, 6) is -0.134. The van der Waals surface area contributed by atoms with E-state index in [0.29, 0.717) is 5.56 Å². The van der Waals surface area contributed by atoms with Crippen LogP contribution in [-0.2, 0) is 0 Å². The lowest BCUT2D eigenvalue weighted by atomic mass is 10.0. The van der Waals surface area contributed by atoms with Crippen LogP contribution in [0.1, 0.15) is 96.0 Å². The molecule has 1 aromatic rings. The molecule has 0 radical (unpaired) electrons. The van der Waals surface area contributed by atoms with Gasteiger partial charge in [-0.15, -0.1) is 0 Å². The highest BCUT2D eigenvalue weighted by atomic mass is 16.3. The second-order valence-corrected chi connectivity index (χ2v) is 7.18. The summed E-state index contributed by atoms with van der Waals surface area (Å²) in [5.41, 5.74) is 0.639. The fourth-order valence-corrected chi connectivity index (χ4v) is 3.12. The van der Waals surface area contributed by atoms with E-state index in [9.17, 15) is 10.2 Å². The largest absolute Gasteiger partial charge is 0.504 e. The molecule has 0 atom stereocenters. The molecule has 0 unspecified atom stereocenters. The van der Waals surface area contributed by atoms with Gasteiger partial charge in [0.25, 0.3) is 0 Å². The number of unbranched alkanes of at least 4 members (excludes halogenated alkanes) is 12. The van der Waals surface area contributed by atoms with Crippen molar-refractivity contribution in [3.63, 3.8) is 0 Å². The van der Waals surface area contributed by atoms with Gasteiger partial charge < -0.3 is 10.2 Å². The SMILES string of the molecule is CCCCCCCCCCCCCCC=CC=Cc1cccc(O)c1O. The Morgan fingerprint density at radius 3 is 1.92 bits per heavy atom. The Balaban J connectivity index is 1.93. The first kappa shape index (κ1) is 22.3. The third-order valence-corrected chi connectivity index (χ3v) is 4.79. The first-order chi connectivity index (χ1) is 12.8. The van der Waals surface area contributed by atoms with Crippen LogP contribution >= 0.6 is 0 Å². The van der Waals surface area contributed by atoms with Crippen LogP contribution in [0.2, 0.25) is 0 Å². The van der Waals surface area contributed by atoms with Crippen molar-refractivity contribution in [3.8, 4) is 11.5 Å². The summed E-state index contributed by atoms with van der Waals surface area (Å²) in [6.45, 7) is 2.27. The molecule has 2 N–H and O–H groups in total. The van der Waals surface area contributed by atoms with E-state index in [1.54, 1.807) is 12.1 Å². The average molecular weight is 359 g/mol. The highest BCUT2D eigenvalue weighted by Crippen LogP contribution is 2.28. The van der Waals surface area contributed by atoms with Crippen LogP contribution in [0, 0.1) is 0 Å². The van der Waals surface area contributed by atoms with E-state index < -0.39 is 0 Å². The predicted molar refractivity (Wildman–Crippen MR) is 114 cm³/mol. The van der Waals surface area contributed by atoms with Gasteiger partial charge in [0.1, 0.15) is 0 Å². The normalized spacial score (nSPS) is 11.7. The number of allylic oxidation sites excluding steroid dienone is 3. The molecule has 1 rings (SSSR count). The summed E-state index contributed by atoms with van der Waals surface area (Å²) < 4.78 is 0. The van der Waals surface area contributed by atoms with E-state index >= 15 is 0 Å². The summed E-state index contributed by atoms with van der Waals surface area (Å²) in [4.78, 5) is 0. The van der Waals surface area contributed by atoms with Crippen molar-refractivity contribution in [3.05, 3.63) is 42.0 Å². The standard InChI is InChI=1S/C24H38O2/c1-2-3-4-5-6-7-8-9-10-11-12-13-14-15-16-17-19-22-20-18-21-23(25)24(22)26/h15-21,25-26H,2-14H2,1H3. The van der Waals surface area contributed by atoms with E-state index in [1.807, 2.05) is 18.2 Å². The minimum atomic E-state index is -0.0763. The Kier molecular flexibility index (Phi) is 13.4. The van der Waals surface area contributed by atoms with Crippen molar-refractivity contribution in [2.75, 3.05) is 0 Å². The lowest BCUT2D eigenvalue weighted by Crippen LogP contribution is -1.82. The third-order valence-electron chi connectivity index (χ3n) is 4.79. The van der Waals surface area contributed by atoms with Crippen molar-refractivity contribution in [2.24, 2.45) is 0 Å². The van der Waals surface area contributed by atoms with Gasteiger partial charge in [-0.05, 0) is 18.9 Å². The molecule has 1 aromatic carbocycles. The Bertz CT molecular complexity index is 517. The summed E-state index contributed by atoms with van der Waals surface area (Å²) in [6, 6.07) is 4.99. The molecule has 0 fully saturated rings. The number of hydrogen-bond acceptors (Lipinski definition) is 2. The number of hydrogen-bond donors (Lipinski definition) is 2. The number of benzene rings is 1. The molecule has 0 aromatic heterocycles. The molecular weight excluding hydrogens is 320 g/mol. The molecule has 2 nitrogen and oxygen atoms in total. The first-order valence-corrected chi connectivity index (χ1v) is 10.6. The highest BCUT2D eigenvalue weighted by molar-refractivity contribution is 5.62. The molecule has 0 aliphatic heterocycles. The molecule has 146 valence electrons. The van der Waals surface area contributed by atoms with Gasteiger partial charge in [-0.3, -0.25) is 0 Å². The average Bonchev–Trinajstić information content (AvgIpc) is 2.64. The summed E-state index contributed by atoms with van der Waals surface area (Å²) in [5, 5.41) is 19.1. The summed E-state index contributed by atoms with van der Waals surface area (Å²) in [6.07, 6.45) is 25.6. The Morgan fingerprint density at radius 1 is 0.731 bits per heavy atom. The van der Waals surface area contributed by atoms with Gasteiger partial charge in [0, 0.05) is 5.56 Å². The lowest BCUT2D eigenvalue weighted by Gasteiger charge is -2.02. The minimum Gasteiger partial charge on any atom is -0.504 e. The molecule has 0 spiro atoms. The van der Waals surface area contributed by atoms with E-state index in [1.165, 1.54) is 83.1 Å². The van der Waals surface area contributed by atoms with Gasteiger partial charge in [0.2, 0.25) is 0 Å². The maximum Gasteiger partial charge on any atom is 0.164 e. The lowest BCUT2D eigenvalue weighted by molar-refractivity contribution is 0.403. The smallest absolute Gasteiger partial charge is 0.164 e. The van der Waals surface area contributed by atoms with Crippen LogP contribution in [-0.4, -0.2) is 10.2 Å². The third kappa shape index (κ3) is 11.0. The van der Waals surface area contributed by atoms with Crippen molar-refractivity contribution in [1.29, 1.82) is 0 Å². The number of para-hydroxylation sites is 1. The molecule has 26 heavy (non-hydrogen) atoms. The zero-order valence-electron chi connectivity index (χ0n) is 16.6. The maximum atomic E-state index is 9.70. The molecular formula is C24H38O2. The van der Waals surface area contributed by atoms with Crippen LogP contribution < -0.4 is 0 Å². The zero-order chi connectivity index (χ0) is 18.9. The highest BCUT2D eigenvalue weighted by Gasteiger charge is 2.00. The van der Waals surface area contributed by atoms with Crippen LogP contribution in [0.15, 0.2) is 36.4 Å². The minimum absolute atomic E-state index is 0.0573. The number of aromatic hydroxyl groups is 2. The van der Waals surface area contributed by atoms with Crippen molar-refractivity contribution >= 4 is 6.08 Å². The fourth-order valence-electron chi connectivity index (χ4n) is 3.12. The van der Waals surface area contributed by atoms with Crippen molar-refractivity contribution in [2.45, 2.75) is 90.4 Å². The second-order valence-electron chi connectivity index (χ2n) is 7.18. The van der Waals surface area contributed by atoms with Crippen LogP contribution in [0.3, 0.4) is 0 Å². The molecule has 0 bridgehead atoms. The summed E-state index contributed by atoms with van der Waals surface area (Å²) in [7, 11) is 0.